The fourth-order valence-corrected chi connectivity index (χ4v) is 2.87. The highest BCUT2D eigenvalue weighted by molar-refractivity contribution is 5.30. The predicted molar refractivity (Wildman–Crippen MR) is 76.2 cm³/mol. The summed E-state index contributed by atoms with van der Waals surface area (Å²) in [5.74, 6) is -1.49. The van der Waals surface area contributed by atoms with Crippen LogP contribution in [0.3, 0.4) is 0 Å². The Kier molecular flexibility index (Phi) is 5.20. The van der Waals surface area contributed by atoms with Gasteiger partial charge in [-0.15, -0.1) is 0 Å². The number of benzene rings is 1. The van der Waals surface area contributed by atoms with Crippen LogP contribution in [-0.2, 0) is 11.8 Å². The van der Waals surface area contributed by atoms with Crippen molar-refractivity contribution in [2.24, 2.45) is 5.92 Å². The summed E-state index contributed by atoms with van der Waals surface area (Å²) in [5, 5.41) is 10.6. The Balaban J connectivity index is 2.05. The summed E-state index contributed by atoms with van der Waals surface area (Å²) in [6, 6.07) is 4.48. The smallest absolute Gasteiger partial charge is 0.385 e. The number of hydrogen-bond donors (Lipinski definition) is 1. The minimum absolute atomic E-state index is 0.0961. The van der Waals surface area contributed by atoms with Crippen LogP contribution >= 0.6 is 0 Å². The molecule has 2 rings (SSSR count). The van der Waals surface area contributed by atoms with Crippen molar-refractivity contribution in [3.05, 3.63) is 35.4 Å². The summed E-state index contributed by atoms with van der Waals surface area (Å²) >= 11 is 0. The quantitative estimate of drug-likeness (QED) is 0.822. The van der Waals surface area contributed by atoms with Crippen molar-refractivity contribution in [2.75, 3.05) is 19.6 Å². The maximum Gasteiger partial charge on any atom is 0.416 e. The second kappa shape index (κ2) is 6.55. The van der Waals surface area contributed by atoms with Gasteiger partial charge >= 0.3 is 12.4 Å². The standard InChI is InChI=1S/C16H19F6NO/c1-11(15(17,18)19)10-23-7-5-14(24,6-8-23)12-3-2-4-13(9-12)16(20,21)22/h2-4,9,11,24H,5-8,10H2,1H3. The number of aliphatic hydroxyl groups is 1. The Labute approximate surface area is 136 Å². The summed E-state index contributed by atoms with van der Waals surface area (Å²) in [6.07, 6.45) is -8.60. The van der Waals surface area contributed by atoms with Crippen LogP contribution in [0.15, 0.2) is 24.3 Å². The average Bonchev–Trinajstić information content (AvgIpc) is 2.48. The third kappa shape index (κ3) is 4.42. The van der Waals surface area contributed by atoms with Crippen molar-refractivity contribution in [3.63, 3.8) is 0 Å². The van der Waals surface area contributed by atoms with Gasteiger partial charge in [0.05, 0.1) is 17.1 Å². The molecule has 1 N–H and O–H groups in total. The minimum Gasteiger partial charge on any atom is -0.385 e. The number of piperidine rings is 1. The second-order valence-electron chi connectivity index (χ2n) is 6.35. The summed E-state index contributed by atoms with van der Waals surface area (Å²) in [5.41, 5.74) is -2.14. The Morgan fingerprint density at radius 2 is 1.71 bits per heavy atom. The largest absolute Gasteiger partial charge is 0.416 e. The summed E-state index contributed by atoms with van der Waals surface area (Å²) in [6.45, 7) is 1.32. The number of hydrogen-bond acceptors (Lipinski definition) is 2. The molecule has 1 atom stereocenters. The average molecular weight is 355 g/mol. The van der Waals surface area contributed by atoms with Crippen LogP contribution in [0.5, 0.6) is 0 Å². The van der Waals surface area contributed by atoms with Crippen molar-refractivity contribution < 1.29 is 31.4 Å². The van der Waals surface area contributed by atoms with Crippen LogP contribution in [0.4, 0.5) is 26.3 Å². The Bertz CT molecular complexity index is 560. The van der Waals surface area contributed by atoms with E-state index in [2.05, 4.69) is 0 Å². The van der Waals surface area contributed by atoms with Gasteiger partial charge in [-0.1, -0.05) is 19.1 Å². The lowest BCUT2D eigenvalue weighted by atomic mass is 9.83. The zero-order valence-electron chi connectivity index (χ0n) is 13.1. The van der Waals surface area contributed by atoms with Crippen LogP contribution in [-0.4, -0.2) is 35.8 Å². The highest BCUT2D eigenvalue weighted by atomic mass is 19.4. The van der Waals surface area contributed by atoms with Gasteiger partial charge in [-0.25, -0.2) is 0 Å². The van der Waals surface area contributed by atoms with Gasteiger partial charge in [0.15, 0.2) is 0 Å². The molecule has 8 heteroatoms. The van der Waals surface area contributed by atoms with E-state index in [1.54, 1.807) is 4.90 Å². The SMILES string of the molecule is CC(CN1CCC(O)(c2cccc(C(F)(F)F)c2)CC1)C(F)(F)F. The molecule has 2 nitrogen and oxygen atoms in total. The van der Waals surface area contributed by atoms with E-state index >= 15 is 0 Å². The number of alkyl halides is 6. The normalized spacial score (nSPS) is 20.8. The zero-order valence-corrected chi connectivity index (χ0v) is 13.1. The summed E-state index contributed by atoms with van der Waals surface area (Å²) < 4.78 is 76.1. The highest BCUT2D eigenvalue weighted by Crippen LogP contribution is 2.37. The van der Waals surface area contributed by atoms with Crippen molar-refractivity contribution in [3.8, 4) is 0 Å². The Hall–Kier alpha value is -1.28. The zero-order chi connectivity index (χ0) is 18.2. The lowest BCUT2D eigenvalue weighted by molar-refractivity contribution is -0.176. The first-order valence-electron chi connectivity index (χ1n) is 7.61. The van der Waals surface area contributed by atoms with Crippen LogP contribution in [0.1, 0.15) is 30.9 Å². The lowest BCUT2D eigenvalue weighted by Gasteiger charge is -2.39. The van der Waals surface area contributed by atoms with Gasteiger partial charge in [0.1, 0.15) is 0 Å². The molecule has 1 aromatic carbocycles. The molecule has 0 spiro atoms. The van der Waals surface area contributed by atoms with E-state index in [9.17, 15) is 31.4 Å². The van der Waals surface area contributed by atoms with Gasteiger partial charge in [-0.05, 0) is 30.5 Å². The number of likely N-dealkylation sites (tertiary alicyclic amines) is 1. The number of rotatable bonds is 3. The minimum atomic E-state index is -4.50. The first kappa shape index (κ1) is 19.1. The van der Waals surface area contributed by atoms with E-state index in [0.29, 0.717) is 0 Å². The van der Waals surface area contributed by atoms with Crippen LogP contribution in [0.2, 0.25) is 0 Å². The molecule has 0 aromatic heterocycles. The van der Waals surface area contributed by atoms with E-state index in [1.807, 2.05) is 0 Å². The first-order chi connectivity index (χ1) is 10.9. The molecule has 1 heterocycles. The van der Waals surface area contributed by atoms with E-state index < -0.39 is 29.4 Å². The van der Waals surface area contributed by atoms with Crippen molar-refractivity contribution in [1.82, 2.24) is 4.90 Å². The molecule has 0 radical (unpaired) electrons. The molecule has 1 aliphatic heterocycles. The molecule has 1 aromatic rings. The van der Waals surface area contributed by atoms with Crippen LogP contribution in [0.25, 0.3) is 0 Å². The van der Waals surface area contributed by atoms with E-state index in [0.717, 1.165) is 19.1 Å². The number of halogens is 6. The van der Waals surface area contributed by atoms with Crippen LogP contribution < -0.4 is 0 Å². The van der Waals surface area contributed by atoms with E-state index in [4.69, 9.17) is 0 Å². The van der Waals surface area contributed by atoms with Gasteiger partial charge in [0.2, 0.25) is 0 Å². The van der Waals surface area contributed by atoms with Crippen molar-refractivity contribution in [1.29, 1.82) is 0 Å². The van der Waals surface area contributed by atoms with E-state index in [1.165, 1.54) is 12.1 Å². The molecule has 0 saturated carbocycles. The first-order valence-corrected chi connectivity index (χ1v) is 7.61. The van der Waals surface area contributed by atoms with Gasteiger partial charge in [0, 0.05) is 19.6 Å². The molecular formula is C16H19F6NO. The molecule has 1 saturated heterocycles. The maximum absolute atomic E-state index is 12.8. The van der Waals surface area contributed by atoms with Crippen LogP contribution in [0, 0.1) is 5.92 Å². The molecule has 1 fully saturated rings. The fraction of sp³-hybridized carbons (Fsp3) is 0.625. The fourth-order valence-electron chi connectivity index (χ4n) is 2.87. The lowest BCUT2D eigenvalue weighted by Crippen LogP contribution is -2.45. The second-order valence-corrected chi connectivity index (χ2v) is 6.35. The van der Waals surface area contributed by atoms with E-state index in [-0.39, 0.29) is 38.0 Å². The summed E-state index contributed by atoms with van der Waals surface area (Å²) in [7, 11) is 0. The number of nitrogens with zero attached hydrogens (tertiary/aromatic N) is 1. The maximum atomic E-state index is 12.8. The molecule has 0 bridgehead atoms. The van der Waals surface area contributed by atoms with Gasteiger partial charge in [-0.3, -0.25) is 0 Å². The molecule has 0 amide bonds. The summed E-state index contributed by atoms with van der Waals surface area (Å²) in [4.78, 5) is 1.58. The predicted octanol–water partition coefficient (Wildman–Crippen LogP) is 4.19. The topological polar surface area (TPSA) is 23.5 Å². The van der Waals surface area contributed by atoms with Gasteiger partial charge in [0.25, 0.3) is 0 Å². The molecule has 1 unspecified atom stereocenters. The monoisotopic (exact) mass is 355 g/mol. The molecule has 24 heavy (non-hydrogen) atoms. The van der Waals surface area contributed by atoms with Gasteiger partial charge in [-0.2, -0.15) is 26.3 Å². The third-order valence-electron chi connectivity index (χ3n) is 4.50. The molecule has 0 aliphatic carbocycles. The Morgan fingerprint density at radius 1 is 1.12 bits per heavy atom. The Morgan fingerprint density at radius 3 is 2.21 bits per heavy atom. The van der Waals surface area contributed by atoms with Crippen molar-refractivity contribution in [2.45, 2.75) is 37.7 Å². The molecule has 1 aliphatic rings. The molecular weight excluding hydrogens is 336 g/mol. The van der Waals surface area contributed by atoms with Crippen molar-refractivity contribution >= 4 is 0 Å². The molecule has 136 valence electrons. The third-order valence-corrected chi connectivity index (χ3v) is 4.50. The van der Waals surface area contributed by atoms with Gasteiger partial charge < -0.3 is 10.0 Å². The highest BCUT2D eigenvalue weighted by Gasteiger charge is 2.40.